The van der Waals surface area contributed by atoms with Gasteiger partial charge in [0.15, 0.2) is 0 Å². The summed E-state index contributed by atoms with van der Waals surface area (Å²) in [6.07, 6.45) is 2.06. The summed E-state index contributed by atoms with van der Waals surface area (Å²) in [4.78, 5) is 4.34. The molecular weight excluding hydrogens is 506 g/mol. The smallest absolute Gasteiger partial charge is 0.133 e. The highest BCUT2D eigenvalue weighted by atomic mass is 127. The van der Waals surface area contributed by atoms with Crippen LogP contribution in [0.3, 0.4) is 0 Å². The lowest BCUT2D eigenvalue weighted by molar-refractivity contribution is 0.273. The van der Waals surface area contributed by atoms with E-state index < -0.39 is 0 Å². The van der Waals surface area contributed by atoms with E-state index >= 15 is 0 Å². The number of rotatable bonds is 10. The van der Waals surface area contributed by atoms with Crippen LogP contribution in [0.1, 0.15) is 12.8 Å². The molecule has 0 amide bonds. The number of ether oxygens (including phenoxy) is 2. The molecule has 0 saturated carbocycles. The standard InChI is InChI=1S/C16H26I2N2O2/c1-19(2)7-5-9-21-15-11-14(18)16(12-13(15)17)22-10-6-8-20(3)4/h11-12H,5-10H2,1-4H3. The van der Waals surface area contributed by atoms with Gasteiger partial charge in [0.05, 0.1) is 20.4 Å². The van der Waals surface area contributed by atoms with E-state index in [1.807, 2.05) is 0 Å². The first-order valence-corrected chi connectivity index (χ1v) is 9.60. The van der Waals surface area contributed by atoms with Crippen LogP contribution < -0.4 is 9.47 Å². The maximum Gasteiger partial charge on any atom is 0.133 e. The molecule has 0 radical (unpaired) electrons. The Labute approximate surface area is 161 Å². The lowest BCUT2D eigenvalue weighted by atomic mass is 10.3. The zero-order valence-electron chi connectivity index (χ0n) is 13.9. The third-order valence-corrected chi connectivity index (χ3v) is 4.69. The van der Waals surface area contributed by atoms with E-state index in [1.165, 1.54) is 0 Å². The van der Waals surface area contributed by atoms with Crippen LogP contribution in [-0.2, 0) is 0 Å². The molecular formula is C16H26I2N2O2. The van der Waals surface area contributed by atoms with Gasteiger partial charge in [-0.1, -0.05) is 0 Å². The summed E-state index contributed by atoms with van der Waals surface area (Å²) in [5.41, 5.74) is 0. The van der Waals surface area contributed by atoms with Gasteiger partial charge in [-0.3, -0.25) is 0 Å². The predicted octanol–water partition coefficient (Wildman–Crippen LogP) is 3.56. The van der Waals surface area contributed by atoms with Gasteiger partial charge in [-0.25, -0.2) is 0 Å². The fourth-order valence-corrected chi connectivity index (χ4v) is 3.05. The van der Waals surface area contributed by atoms with Crippen molar-refractivity contribution >= 4 is 45.2 Å². The molecule has 0 bridgehead atoms. The Morgan fingerprint density at radius 1 is 0.773 bits per heavy atom. The molecule has 0 aliphatic heterocycles. The van der Waals surface area contributed by atoms with E-state index in [9.17, 15) is 0 Å². The van der Waals surface area contributed by atoms with Crippen molar-refractivity contribution in [2.75, 3.05) is 54.5 Å². The Kier molecular flexibility index (Phi) is 10.0. The fraction of sp³-hybridized carbons (Fsp3) is 0.625. The minimum absolute atomic E-state index is 0.743. The van der Waals surface area contributed by atoms with Gasteiger partial charge >= 0.3 is 0 Å². The highest BCUT2D eigenvalue weighted by Crippen LogP contribution is 2.31. The second kappa shape index (κ2) is 10.9. The monoisotopic (exact) mass is 532 g/mol. The van der Waals surface area contributed by atoms with Crippen LogP contribution in [0.25, 0.3) is 0 Å². The molecule has 0 aromatic heterocycles. The van der Waals surface area contributed by atoms with Crippen LogP contribution in [0.5, 0.6) is 11.5 Å². The Balaban J connectivity index is 2.48. The molecule has 0 saturated heterocycles. The SMILES string of the molecule is CN(C)CCCOc1cc(I)c(OCCCN(C)C)cc1I. The summed E-state index contributed by atoms with van der Waals surface area (Å²) >= 11 is 4.63. The lowest BCUT2D eigenvalue weighted by Gasteiger charge is -2.15. The number of nitrogens with zero attached hydrogens (tertiary/aromatic N) is 2. The first-order valence-electron chi connectivity index (χ1n) is 7.44. The number of benzene rings is 1. The molecule has 1 aromatic carbocycles. The molecule has 0 spiro atoms. The van der Waals surface area contributed by atoms with Crippen molar-refractivity contribution in [3.63, 3.8) is 0 Å². The normalized spacial score (nSPS) is 11.3. The summed E-state index contributed by atoms with van der Waals surface area (Å²) in [6.45, 7) is 3.57. The molecule has 0 fully saturated rings. The molecule has 1 aromatic rings. The number of halogens is 2. The van der Waals surface area contributed by atoms with Crippen LogP contribution in [0.2, 0.25) is 0 Å². The molecule has 1 rings (SSSR count). The summed E-state index contributed by atoms with van der Waals surface area (Å²) in [5.74, 6) is 1.90. The van der Waals surface area contributed by atoms with E-state index in [4.69, 9.17) is 9.47 Å². The van der Waals surface area contributed by atoms with Gasteiger partial charge in [0.1, 0.15) is 11.5 Å². The van der Waals surface area contributed by atoms with E-state index in [0.717, 1.165) is 57.8 Å². The Morgan fingerprint density at radius 3 is 1.45 bits per heavy atom. The third kappa shape index (κ3) is 8.16. The van der Waals surface area contributed by atoms with Crippen molar-refractivity contribution in [3.8, 4) is 11.5 Å². The van der Waals surface area contributed by atoms with Crippen LogP contribution in [0.15, 0.2) is 12.1 Å². The summed E-state index contributed by atoms with van der Waals surface area (Å²) in [5, 5.41) is 0. The minimum Gasteiger partial charge on any atom is -0.492 e. The van der Waals surface area contributed by atoms with Crippen molar-refractivity contribution in [3.05, 3.63) is 19.3 Å². The Hall–Kier alpha value is 0.200. The lowest BCUT2D eigenvalue weighted by Crippen LogP contribution is -2.16. The van der Waals surface area contributed by atoms with E-state index in [2.05, 4.69) is 95.3 Å². The molecule has 0 atom stereocenters. The molecule has 0 unspecified atom stereocenters. The third-order valence-electron chi connectivity index (χ3n) is 3.00. The average molecular weight is 532 g/mol. The fourth-order valence-electron chi connectivity index (χ4n) is 1.86. The first kappa shape index (κ1) is 20.2. The van der Waals surface area contributed by atoms with Crippen LogP contribution in [0, 0.1) is 7.14 Å². The van der Waals surface area contributed by atoms with Gasteiger partial charge < -0.3 is 19.3 Å². The highest BCUT2D eigenvalue weighted by molar-refractivity contribution is 14.1. The average Bonchev–Trinajstić information content (AvgIpc) is 2.43. The summed E-state index contributed by atoms with van der Waals surface area (Å²) < 4.78 is 14.0. The second-order valence-corrected chi connectivity index (χ2v) is 8.05. The molecule has 0 heterocycles. The molecule has 0 N–H and O–H groups in total. The van der Waals surface area contributed by atoms with Gasteiger partial charge in [-0.2, -0.15) is 0 Å². The molecule has 0 aliphatic carbocycles. The van der Waals surface area contributed by atoms with Crippen molar-refractivity contribution in [1.29, 1.82) is 0 Å². The van der Waals surface area contributed by atoms with Crippen LogP contribution in [0.4, 0.5) is 0 Å². The van der Waals surface area contributed by atoms with Gasteiger partial charge in [-0.15, -0.1) is 0 Å². The molecule has 6 heteroatoms. The largest absolute Gasteiger partial charge is 0.492 e. The quantitative estimate of drug-likeness (QED) is 0.340. The molecule has 126 valence electrons. The van der Waals surface area contributed by atoms with Crippen molar-refractivity contribution < 1.29 is 9.47 Å². The van der Waals surface area contributed by atoms with Gasteiger partial charge in [0, 0.05) is 13.1 Å². The van der Waals surface area contributed by atoms with Gasteiger partial charge in [0.2, 0.25) is 0 Å². The summed E-state index contributed by atoms with van der Waals surface area (Å²) in [7, 11) is 8.31. The van der Waals surface area contributed by atoms with Crippen molar-refractivity contribution in [2.24, 2.45) is 0 Å². The zero-order chi connectivity index (χ0) is 16.5. The van der Waals surface area contributed by atoms with E-state index in [-0.39, 0.29) is 0 Å². The van der Waals surface area contributed by atoms with Crippen molar-refractivity contribution in [2.45, 2.75) is 12.8 Å². The highest BCUT2D eigenvalue weighted by Gasteiger charge is 2.09. The number of hydrogen-bond donors (Lipinski definition) is 0. The first-order chi connectivity index (χ1) is 10.4. The molecule has 22 heavy (non-hydrogen) atoms. The van der Waals surface area contributed by atoms with Gasteiger partial charge in [-0.05, 0) is 98.3 Å². The number of hydrogen-bond acceptors (Lipinski definition) is 4. The van der Waals surface area contributed by atoms with Crippen molar-refractivity contribution in [1.82, 2.24) is 9.80 Å². The maximum absolute atomic E-state index is 5.88. The topological polar surface area (TPSA) is 24.9 Å². The predicted molar refractivity (Wildman–Crippen MR) is 109 cm³/mol. The molecule has 4 nitrogen and oxygen atoms in total. The Bertz CT molecular complexity index is 412. The van der Waals surface area contributed by atoms with Crippen LogP contribution in [-0.4, -0.2) is 64.3 Å². The summed E-state index contributed by atoms with van der Waals surface area (Å²) in [6, 6.07) is 4.14. The maximum atomic E-state index is 5.88. The van der Waals surface area contributed by atoms with E-state index in [0.29, 0.717) is 0 Å². The van der Waals surface area contributed by atoms with Crippen LogP contribution >= 0.6 is 45.2 Å². The Morgan fingerprint density at radius 2 is 1.14 bits per heavy atom. The second-order valence-electron chi connectivity index (χ2n) is 5.72. The molecule has 0 aliphatic rings. The van der Waals surface area contributed by atoms with E-state index in [1.54, 1.807) is 0 Å². The van der Waals surface area contributed by atoms with Gasteiger partial charge in [0.25, 0.3) is 0 Å². The zero-order valence-corrected chi connectivity index (χ0v) is 18.2. The minimum atomic E-state index is 0.743.